The number of fused-ring (bicyclic) bond motifs is 1. The fourth-order valence-corrected chi connectivity index (χ4v) is 2.67. The second kappa shape index (κ2) is 5.25. The van der Waals surface area contributed by atoms with Gasteiger partial charge in [0.1, 0.15) is 5.75 Å². The molecule has 0 fully saturated rings. The van der Waals surface area contributed by atoms with E-state index in [1.165, 1.54) is 5.56 Å². The van der Waals surface area contributed by atoms with Crippen molar-refractivity contribution in [2.24, 2.45) is 0 Å². The molecule has 0 spiro atoms. The molecule has 0 unspecified atom stereocenters. The van der Waals surface area contributed by atoms with Crippen LogP contribution in [0, 0.1) is 0 Å². The van der Waals surface area contributed by atoms with Crippen molar-refractivity contribution in [1.82, 2.24) is 4.90 Å². The minimum atomic E-state index is -0.464. The number of carbonyl (C=O) groups excluding carboxylic acids is 1. The summed E-state index contributed by atoms with van der Waals surface area (Å²) in [4.78, 5) is 14.4. The van der Waals surface area contributed by atoms with Gasteiger partial charge in [-0.05, 0) is 45.6 Å². The molecule has 4 heteroatoms. The van der Waals surface area contributed by atoms with Crippen LogP contribution in [-0.2, 0) is 17.6 Å². The summed E-state index contributed by atoms with van der Waals surface area (Å²) in [5.74, 6) is 1.11. The standard InChI is InChI=1S/C15H20BrNO2/c1-15(2,17(3)4)13(18)9-11-8-12(16)7-10-5-6-19-14(10)11/h7-8H,5-6,9H2,1-4H3. The Morgan fingerprint density at radius 3 is 2.74 bits per heavy atom. The summed E-state index contributed by atoms with van der Waals surface area (Å²) in [6.45, 7) is 4.62. The number of ether oxygens (including phenoxy) is 1. The van der Waals surface area contributed by atoms with E-state index in [-0.39, 0.29) is 5.78 Å². The predicted molar refractivity (Wildman–Crippen MR) is 79.8 cm³/mol. The van der Waals surface area contributed by atoms with Crippen LogP contribution in [0.5, 0.6) is 5.75 Å². The number of ketones is 1. The maximum absolute atomic E-state index is 12.5. The van der Waals surface area contributed by atoms with Crippen molar-refractivity contribution in [1.29, 1.82) is 0 Å². The molecule has 0 N–H and O–H groups in total. The highest BCUT2D eigenvalue weighted by Gasteiger charge is 2.31. The molecule has 1 aromatic rings. The number of Topliss-reactive ketones (excluding diaryl/α,β-unsaturated/α-hetero) is 1. The highest BCUT2D eigenvalue weighted by Crippen LogP contribution is 2.34. The third-order valence-corrected chi connectivity index (χ3v) is 4.43. The Kier molecular flexibility index (Phi) is 4.02. The summed E-state index contributed by atoms with van der Waals surface area (Å²) in [7, 11) is 3.86. The van der Waals surface area contributed by atoms with E-state index in [0.29, 0.717) is 13.0 Å². The summed E-state index contributed by atoms with van der Waals surface area (Å²) in [5.41, 5.74) is 1.72. The number of carbonyl (C=O) groups is 1. The average molecular weight is 326 g/mol. The number of rotatable bonds is 4. The molecule has 0 atom stereocenters. The van der Waals surface area contributed by atoms with Gasteiger partial charge in [0.2, 0.25) is 0 Å². The van der Waals surface area contributed by atoms with E-state index in [9.17, 15) is 4.79 Å². The van der Waals surface area contributed by atoms with Crippen LogP contribution in [0.25, 0.3) is 0 Å². The van der Waals surface area contributed by atoms with Crippen LogP contribution in [0.1, 0.15) is 25.0 Å². The Hall–Kier alpha value is -0.870. The lowest BCUT2D eigenvalue weighted by Gasteiger charge is -2.31. The lowest BCUT2D eigenvalue weighted by molar-refractivity contribution is -0.127. The van der Waals surface area contributed by atoms with Gasteiger partial charge in [-0.15, -0.1) is 0 Å². The van der Waals surface area contributed by atoms with Gasteiger partial charge in [-0.25, -0.2) is 0 Å². The van der Waals surface area contributed by atoms with Gasteiger partial charge >= 0.3 is 0 Å². The normalized spacial score (nSPS) is 14.4. The zero-order valence-electron chi connectivity index (χ0n) is 11.9. The van der Waals surface area contributed by atoms with E-state index in [2.05, 4.69) is 22.0 Å². The van der Waals surface area contributed by atoms with Gasteiger partial charge in [-0.3, -0.25) is 9.69 Å². The molecule has 0 saturated carbocycles. The smallest absolute Gasteiger partial charge is 0.156 e. The molecule has 1 aliphatic heterocycles. The van der Waals surface area contributed by atoms with Crippen LogP contribution < -0.4 is 4.74 Å². The summed E-state index contributed by atoms with van der Waals surface area (Å²) < 4.78 is 6.69. The highest BCUT2D eigenvalue weighted by atomic mass is 79.9. The molecule has 0 aliphatic carbocycles. The first-order valence-electron chi connectivity index (χ1n) is 6.47. The molecular weight excluding hydrogens is 306 g/mol. The van der Waals surface area contributed by atoms with E-state index < -0.39 is 5.54 Å². The number of likely N-dealkylation sites (N-methyl/N-ethyl adjacent to an activating group) is 1. The lowest BCUT2D eigenvalue weighted by Crippen LogP contribution is -2.46. The van der Waals surface area contributed by atoms with Gasteiger partial charge in [0, 0.05) is 22.9 Å². The van der Waals surface area contributed by atoms with Crippen LogP contribution >= 0.6 is 15.9 Å². The fourth-order valence-electron chi connectivity index (χ4n) is 2.12. The summed E-state index contributed by atoms with van der Waals surface area (Å²) in [5, 5.41) is 0. The molecule has 0 radical (unpaired) electrons. The monoisotopic (exact) mass is 325 g/mol. The minimum absolute atomic E-state index is 0.202. The number of hydrogen-bond donors (Lipinski definition) is 0. The van der Waals surface area contributed by atoms with Crippen molar-refractivity contribution in [3.05, 3.63) is 27.7 Å². The molecule has 2 rings (SSSR count). The van der Waals surface area contributed by atoms with Crippen LogP contribution in [0.4, 0.5) is 0 Å². The SMILES string of the molecule is CN(C)C(C)(C)C(=O)Cc1cc(Br)cc2c1OCC2. The van der Waals surface area contributed by atoms with Crippen molar-refractivity contribution in [2.75, 3.05) is 20.7 Å². The van der Waals surface area contributed by atoms with Gasteiger partial charge in [0.25, 0.3) is 0 Å². The number of hydrogen-bond acceptors (Lipinski definition) is 3. The predicted octanol–water partition coefficient (Wildman–Crippen LogP) is 2.84. The molecule has 1 heterocycles. The zero-order valence-corrected chi connectivity index (χ0v) is 13.5. The lowest BCUT2D eigenvalue weighted by atomic mass is 9.91. The molecule has 1 aromatic carbocycles. The van der Waals surface area contributed by atoms with Crippen LogP contribution in [0.15, 0.2) is 16.6 Å². The van der Waals surface area contributed by atoms with Crippen molar-refractivity contribution in [2.45, 2.75) is 32.2 Å². The van der Waals surface area contributed by atoms with E-state index in [1.807, 2.05) is 38.9 Å². The quantitative estimate of drug-likeness (QED) is 0.852. The summed E-state index contributed by atoms with van der Waals surface area (Å²) in [6.07, 6.45) is 1.33. The Labute approximate surface area is 123 Å². The second-order valence-electron chi connectivity index (χ2n) is 5.71. The van der Waals surface area contributed by atoms with E-state index in [1.54, 1.807) is 0 Å². The highest BCUT2D eigenvalue weighted by molar-refractivity contribution is 9.10. The molecule has 104 valence electrons. The van der Waals surface area contributed by atoms with Crippen molar-refractivity contribution < 1.29 is 9.53 Å². The van der Waals surface area contributed by atoms with Gasteiger partial charge in [0.15, 0.2) is 5.78 Å². The molecule has 0 amide bonds. The number of nitrogens with zero attached hydrogens (tertiary/aromatic N) is 1. The Morgan fingerprint density at radius 1 is 1.42 bits per heavy atom. The zero-order chi connectivity index (χ0) is 14.2. The van der Waals surface area contributed by atoms with Crippen molar-refractivity contribution in [3.8, 4) is 5.75 Å². The topological polar surface area (TPSA) is 29.5 Å². The molecule has 0 saturated heterocycles. The number of benzene rings is 1. The first kappa shape index (κ1) is 14.5. The van der Waals surface area contributed by atoms with Gasteiger partial charge in [-0.1, -0.05) is 15.9 Å². The van der Waals surface area contributed by atoms with E-state index in [4.69, 9.17) is 4.74 Å². The summed E-state index contributed by atoms with van der Waals surface area (Å²) >= 11 is 3.51. The molecule has 1 aliphatic rings. The van der Waals surface area contributed by atoms with Crippen LogP contribution in [-0.4, -0.2) is 36.9 Å². The first-order chi connectivity index (χ1) is 8.82. The van der Waals surface area contributed by atoms with E-state index >= 15 is 0 Å². The van der Waals surface area contributed by atoms with Crippen LogP contribution in [0.3, 0.4) is 0 Å². The summed E-state index contributed by atoms with van der Waals surface area (Å²) in [6, 6.07) is 4.07. The van der Waals surface area contributed by atoms with Gasteiger partial charge < -0.3 is 4.74 Å². The van der Waals surface area contributed by atoms with Crippen molar-refractivity contribution in [3.63, 3.8) is 0 Å². The Morgan fingerprint density at radius 2 is 2.11 bits per heavy atom. The van der Waals surface area contributed by atoms with E-state index in [0.717, 1.165) is 22.2 Å². The fraction of sp³-hybridized carbons (Fsp3) is 0.533. The maximum Gasteiger partial charge on any atom is 0.156 e. The average Bonchev–Trinajstić information content (AvgIpc) is 2.76. The minimum Gasteiger partial charge on any atom is -0.493 e. The molecule has 3 nitrogen and oxygen atoms in total. The second-order valence-corrected chi connectivity index (χ2v) is 6.62. The molecular formula is C15H20BrNO2. The van der Waals surface area contributed by atoms with Crippen LogP contribution in [0.2, 0.25) is 0 Å². The molecule has 0 bridgehead atoms. The maximum atomic E-state index is 12.5. The third kappa shape index (κ3) is 2.84. The molecule has 0 aromatic heterocycles. The first-order valence-corrected chi connectivity index (χ1v) is 7.26. The Balaban J connectivity index is 2.28. The molecule has 19 heavy (non-hydrogen) atoms. The Bertz CT molecular complexity index is 509. The van der Waals surface area contributed by atoms with Crippen molar-refractivity contribution >= 4 is 21.7 Å². The third-order valence-electron chi connectivity index (χ3n) is 3.98. The largest absolute Gasteiger partial charge is 0.493 e. The van der Waals surface area contributed by atoms with Gasteiger partial charge in [-0.2, -0.15) is 0 Å². The van der Waals surface area contributed by atoms with Gasteiger partial charge in [0.05, 0.1) is 12.1 Å². The number of halogens is 1.